The summed E-state index contributed by atoms with van der Waals surface area (Å²) in [6, 6.07) is 0. The highest BCUT2D eigenvalue weighted by Crippen LogP contribution is 2.39. The van der Waals surface area contributed by atoms with Gasteiger partial charge in [-0.15, -0.1) is 0 Å². The van der Waals surface area contributed by atoms with Crippen molar-refractivity contribution in [3.8, 4) is 0 Å². The Morgan fingerprint density at radius 3 is 2.47 bits per heavy atom. The van der Waals surface area contributed by atoms with Crippen LogP contribution in [0.25, 0.3) is 0 Å². The quantitative estimate of drug-likeness (QED) is 0.414. The zero-order valence-corrected chi connectivity index (χ0v) is 12.7. The van der Waals surface area contributed by atoms with E-state index in [1.807, 2.05) is 6.92 Å². The molecule has 0 saturated carbocycles. The van der Waals surface area contributed by atoms with E-state index in [4.69, 9.17) is 5.73 Å². The molecule has 0 heterocycles. The minimum absolute atomic E-state index is 0.00870. The highest BCUT2D eigenvalue weighted by molar-refractivity contribution is 14.1. The highest BCUT2D eigenvalue weighted by Gasteiger charge is 2.34. The van der Waals surface area contributed by atoms with E-state index in [2.05, 4.69) is 45.2 Å². The van der Waals surface area contributed by atoms with Crippen molar-refractivity contribution in [3.63, 3.8) is 0 Å². The first-order valence-corrected chi connectivity index (χ1v) is 6.70. The molecule has 2 unspecified atom stereocenters. The van der Waals surface area contributed by atoms with Gasteiger partial charge in [-0.25, -0.2) is 0 Å². The number of hydrogen-bond donors (Lipinski definition) is 1. The van der Waals surface area contributed by atoms with E-state index in [-0.39, 0.29) is 15.6 Å². The first-order chi connectivity index (χ1) is 6.91. The van der Waals surface area contributed by atoms with Crippen LogP contribution in [-0.2, 0) is 9.59 Å². The Labute approximate surface area is 116 Å². The van der Waals surface area contributed by atoms with E-state index < -0.39 is 0 Å². The molecule has 0 amide bonds. The molecule has 0 spiro atoms. The number of carbonyl (C=O) groups is 2. The maximum atomic E-state index is 11.5. The van der Waals surface area contributed by atoms with Gasteiger partial charge in [-0.2, -0.15) is 0 Å². The third-order valence-electron chi connectivity index (χ3n) is 2.47. The summed E-state index contributed by atoms with van der Waals surface area (Å²) in [4.78, 5) is 22.4. The minimum atomic E-state index is -0.284. The summed E-state index contributed by atoms with van der Waals surface area (Å²) < 4.78 is 0.737. The van der Waals surface area contributed by atoms with Gasteiger partial charge in [-0.1, -0.05) is 22.6 Å². The number of rotatable bonds is 2. The van der Waals surface area contributed by atoms with Gasteiger partial charge in [-0.05, 0) is 42.0 Å². The molecule has 15 heavy (non-hydrogen) atoms. The molecule has 1 aliphatic rings. The largest absolute Gasteiger partial charge is 0.398 e. The summed E-state index contributed by atoms with van der Waals surface area (Å²) in [5, 5.41) is 0. The molecular formula is C10H11I2NO2. The van der Waals surface area contributed by atoms with Crippen molar-refractivity contribution in [2.24, 2.45) is 11.7 Å². The SMILES string of the molecule is CC(=O)C1=C(C)C(N)=C(I)C(C=O)C1I. The van der Waals surface area contributed by atoms with Gasteiger partial charge in [0, 0.05) is 14.8 Å². The predicted molar refractivity (Wildman–Crippen MR) is 76.0 cm³/mol. The van der Waals surface area contributed by atoms with Crippen molar-refractivity contribution in [3.05, 3.63) is 20.4 Å². The van der Waals surface area contributed by atoms with Crippen LogP contribution in [0.15, 0.2) is 20.4 Å². The highest BCUT2D eigenvalue weighted by atomic mass is 127. The van der Waals surface area contributed by atoms with Gasteiger partial charge in [0.05, 0.1) is 9.84 Å². The Morgan fingerprint density at radius 1 is 1.53 bits per heavy atom. The summed E-state index contributed by atoms with van der Waals surface area (Å²) in [5.74, 6) is -0.292. The first kappa shape index (κ1) is 13.1. The minimum Gasteiger partial charge on any atom is -0.398 e. The lowest BCUT2D eigenvalue weighted by Gasteiger charge is -2.27. The van der Waals surface area contributed by atoms with Crippen molar-refractivity contribution >= 4 is 57.3 Å². The third-order valence-corrected chi connectivity index (χ3v) is 5.17. The molecule has 0 aromatic carbocycles. The van der Waals surface area contributed by atoms with Gasteiger partial charge < -0.3 is 10.5 Å². The van der Waals surface area contributed by atoms with Crippen LogP contribution >= 0.6 is 45.2 Å². The topological polar surface area (TPSA) is 60.2 Å². The fourth-order valence-electron chi connectivity index (χ4n) is 1.61. The number of nitrogens with two attached hydrogens (primary N) is 1. The number of Topliss-reactive ketones (excluding diaryl/α,β-unsaturated/α-hetero) is 1. The Kier molecular flexibility index (Phi) is 4.33. The maximum absolute atomic E-state index is 11.5. The summed E-state index contributed by atoms with van der Waals surface area (Å²) >= 11 is 4.21. The van der Waals surface area contributed by atoms with Gasteiger partial charge in [-0.3, -0.25) is 4.79 Å². The summed E-state index contributed by atoms with van der Waals surface area (Å²) in [5.41, 5.74) is 7.93. The zero-order valence-electron chi connectivity index (χ0n) is 8.38. The second kappa shape index (κ2) is 4.94. The second-order valence-corrected chi connectivity index (χ2v) is 5.92. The van der Waals surface area contributed by atoms with Crippen molar-refractivity contribution in [1.29, 1.82) is 0 Å². The average Bonchev–Trinajstić information content (AvgIpc) is 2.15. The number of carbonyl (C=O) groups excluding carboxylic acids is 2. The van der Waals surface area contributed by atoms with Crippen molar-refractivity contribution in [2.75, 3.05) is 0 Å². The molecule has 1 rings (SSSR count). The van der Waals surface area contributed by atoms with E-state index in [1.54, 1.807) is 0 Å². The average molecular weight is 431 g/mol. The fraction of sp³-hybridized carbons (Fsp3) is 0.400. The van der Waals surface area contributed by atoms with E-state index in [0.29, 0.717) is 11.3 Å². The molecule has 1 aliphatic carbocycles. The summed E-state index contributed by atoms with van der Waals surface area (Å²) in [6.45, 7) is 3.34. The van der Waals surface area contributed by atoms with E-state index in [1.165, 1.54) is 6.92 Å². The second-order valence-electron chi connectivity index (χ2n) is 3.42. The van der Waals surface area contributed by atoms with Crippen LogP contribution < -0.4 is 5.73 Å². The normalized spacial score (nSPS) is 26.9. The van der Waals surface area contributed by atoms with Crippen LogP contribution in [0.1, 0.15) is 13.8 Å². The molecule has 5 heteroatoms. The smallest absolute Gasteiger partial charge is 0.157 e. The lowest BCUT2D eigenvalue weighted by molar-refractivity contribution is -0.113. The molecule has 0 aliphatic heterocycles. The van der Waals surface area contributed by atoms with Gasteiger partial charge in [0.1, 0.15) is 6.29 Å². The van der Waals surface area contributed by atoms with Crippen LogP contribution in [0.3, 0.4) is 0 Å². The van der Waals surface area contributed by atoms with Crippen molar-refractivity contribution in [1.82, 2.24) is 0 Å². The summed E-state index contributed by atoms with van der Waals surface area (Å²) in [7, 11) is 0. The molecule has 0 radical (unpaired) electrons. The number of allylic oxidation sites excluding steroid dienone is 3. The molecule has 2 atom stereocenters. The monoisotopic (exact) mass is 431 g/mol. The number of aldehydes is 1. The fourth-order valence-corrected chi connectivity index (χ4v) is 4.64. The molecule has 3 nitrogen and oxygen atoms in total. The van der Waals surface area contributed by atoms with E-state index in [0.717, 1.165) is 15.4 Å². The van der Waals surface area contributed by atoms with Crippen LogP contribution in [0, 0.1) is 5.92 Å². The number of halogens is 2. The molecule has 0 aromatic heterocycles. The molecule has 82 valence electrons. The standard InChI is InChI=1S/C10H11I2NO2/c1-4-7(5(2)15)8(11)6(3-14)9(12)10(4)13/h3,6,8H,13H2,1-2H3. The van der Waals surface area contributed by atoms with Gasteiger partial charge in [0.15, 0.2) is 5.78 Å². The zero-order chi connectivity index (χ0) is 11.7. The summed E-state index contributed by atoms with van der Waals surface area (Å²) in [6.07, 6.45) is 0.862. The molecule has 0 bridgehead atoms. The molecule has 0 saturated heterocycles. The van der Waals surface area contributed by atoms with Gasteiger partial charge in [0.2, 0.25) is 0 Å². The van der Waals surface area contributed by atoms with Crippen molar-refractivity contribution in [2.45, 2.75) is 17.8 Å². The maximum Gasteiger partial charge on any atom is 0.157 e. The van der Waals surface area contributed by atoms with Crippen LogP contribution in [0.5, 0.6) is 0 Å². The number of hydrogen-bond acceptors (Lipinski definition) is 3. The van der Waals surface area contributed by atoms with Crippen LogP contribution in [-0.4, -0.2) is 16.0 Å². The Hall–Kier alpha value is 0.0800. The third kappa shape index (κ3) is 2.27. The predicted octanol–water partition coefficient (Wildman–Crippen LogP) is 2.13. The van der Waals surface area contributed by atoms with E-state index in [9.17, 15) is 9.59 Å². The van der Waals surface area contributed by atoms with Crippen LogP contribution in [0.4, 0.5) is 0 Å². The number of alkyl halides is 1. The lowest BCUT2D eigenvalue weighted by Crippen LogP contribution is -2.30. The van der Waals surface area contributed by atoms with Crippen LogP contribution in [0.2, 0.25) is 0 Å². The molecule has 2 N–H and O–H groups in total. The van der Waals surface area contributed by atoms with E-state index >= 15 is 0 Å². The number of ketones is 1. The molecular weight excluding hydrogens is 420 g/mol. The molecule has 0 fully saturated rings. The first-order valence-electron chi connectivity index (χ1n) is 4.38. The van der Waals surface area contributed by atoms with Gasteiger partial charge >= 0.3 is 0 Å². The Balaban J connectivity index is 3.37. The Morgan fingerprint density at radius 2 is 2.07 bits per heavy atom. The van der Waals surface area contributed by atoms with Gasteiger partial charge in [0.25, 0.3) is 0 Å². The molecule has 0 aromatic rings. The lowest BCUT2D eigenvalue weighted by atomic mass is 9.87. The Bertz CT molecular complexity index is 385. The van der Waals surface area contributed by atoms with Crippen molar-refractivity contribution < 1.29 is 9.59 Å².